The minimum absolute atomic E-state index is 0.221. The molecule has 0 aliphatic carbocycles. The van der Waals surface area contributed by atoms with Gasteiger partial charge in [-0.3, -0.25) is 0 Å². The smallest absolute Gasteiger partial charge is 0.347 e. The lowest BCUT2D eigenvalue weighted by Gasteiger charge is -2.14. The van der Waals surface area contributed by atoms with Crippen LogP contribution in [0.2, 0.25) is 10.0 Å². The number of hydrogen-bond donors (Lipinski definition) is 0. The van der Waals surface area contributed by atoms with Crippen molar-refractivity contribution in [2.75, 3.05) is 0 Å². The molecule has 0 saturated heterocycles. The van der Waals surface area contributed by atoms with Crippen molar-refractivity contribution in [2.24, 2.45) is 0 Å². The molecular weight excluding hydrogens is 291 g/mol. The summed E-state index contributed by atoms with van der Waals surface area (Å²) in [4.78, 5) is 23.3. The molecule has 1 aromatic carbocycles. The van der Waals surface area contributed by atoms with Crippen LogP contribution in [0.3, 0.4) is 0 Å². The maximum Gasteiger partial charge on any atom is 0.347 e. The lowest BCUT2D eigenvalue weighted by Crippen LogP contribution is -2.28. The van der Waals surface area contributed by atoms with Gasteiger partial charge in [-0.1, -0.05) is 23.2 Å². The largest absolute Gasteiger partial charge is 0.460 e. The number of halogens is 2. The monoisotopic (exact) mass is 304 g/mol. The predicted octanol–water partition coefficient (Wildman–Crippen LogP) is 3.49. The van der Waals surface area contributed by atoms with Crippen LogP contribution in [0.25, 0.3) is 0 Å². The summed E-state index contributed by atoms with van der Waals surface area (Å²) in [6.07, 6.45) is -1.25. The third kappa shape index (κ3) is 4.73. The van der Waals surface area contributed by atoms with Crippen LogP contribution in [-0.4, -0.2) is 24.1 Å². The van der Waals surface area contributed by atoms with Crippen molar-refractivity contribution in [3.05, 3.63) is 33.8 Å². The van der Waals surface area contributed by atoms with Gasteiger partial charge in [-0.2, -0.15) is 0 Å². The van der Waals surface area contributed by atoms with E-state index in [1.165, 1.54) is 25.1 Å². The van der Waals surface area contributed by atoms with Gasteiger partial charge >= 0.3 is 11.9 Å². The number of hydrogen-bond acceptors (Lipinski definition) is 4. The van der Waals surface area contributed by atoms with Crippen molar-refractivity contribution in [1.29, 1.82) is 0 Å². The maximum absolute atomic E-state index is 11.8. The molecule has 0 spiro atoms. The van der Waals surface area contributed by atoms with E-state index >= 15 is 0 Å². The third-order valence-corrected chi connectivity index (χ3v) is 2.86. The first-order valence-electron chi connectivity index (χ1n) is 5.67. The first-order chi connectivity index (χ1) is 8.81. The average Bonchev–Trinajstić information content (AvgIpc) is 2.31. The molecule has 0 aliphatic heterocycles. The molecule has 0 heterocycles. The summed E-state index contributed by atoms with van der Waals surface area (Å²) < 4.78 is 9.91. The normalized spacial score (nSPS) is 12.1. The van der Waals surface area contributed by atoms with Gasteiger partial charge in [0.05, 0.1) is 21.7 Å². The number of carbonyl (C=O) groups is 2. The second-order valence-electron chi connectivity index (χ2n) is 4.16. The number of ether oxygens (including phenoxy) is 2. The summed E-state index contributed by atoms with van der Waals surface area (Å²) in [6.45, 7) is 4.87. The van der Waals surface area contributed by atoms with Crippen molar-refractivity contribution < 1.29 is 19.1 Å². The van der Waals surface area contributed by atoms with E-state index in [-0.39, 0.29) is 16.7 Å². The highest BCUT2D eigenvalue weighted by Gasteiger charge is 2.21. The first kappa shape index (κ1) is 15.8. The molecule has 0 N–H and O–H groups in total. The van der Waals surface area contributed by atoms with Crippen LogP contribution < -0.4 is 0 Å². The molecule has 1 aromatic rings. The molecule has 0 aromatic heterocycles. The van der Waals surface area contributed by atoms with Gasteiger partial charge in [-0.15, -0.1) is 0 Å². The number of carbonyl (C=O) groups excluding carboxylic acids is 2. The van der Waals surface area contributed by atoms with E-state index in [4.69, 9.17) is 32.7 Å². The molecule has 0 saturated carbocycles. The fourth-order valence-electron chi connectivity index (χ4n) is 1.23. The summed E-state index contributed by atoms with van der Waals surface area (Å²) in [6, 6.07) is 4.33. The van der Waals surface area contributed by atoms with Crippen molar-refractivity contribution in [3.8, 4) is 0 Å². The summed E-state index contributed by atoms with van der Waals surface area (Å²) in [5.41, 5.74) is 0.221. The second-order valence-corrected chi connectivity index (χ2v) is 4.98. The Morgan fingerprint density at radius 2 is 1.68 bits per heavy atom. The number of rotatable bonds is 4. The minimum Gasteiger partial charge on any atom is -0.460 e. The standard InChI is InChI=1S/C13H14Cl2O4/c1-7(2)18-12(16)8(3)19-13(17)9-4-5-10(14)11(15)6-9/h4-8H,1-3H3. The van der Waals surface area contributed by atoms with Crippen molar-refractivity contribution in [1.82, 2.24) is 0 Å². The topological polar surface area (TPSA) is 52.6 Å². The molecule has 1 atom stereocenters. The zero-order chi connectivity index (χ0) is 14.6. The van der Waals surface area contributed by atoms with Crippen LogP contribution in [0.1, 0.15) is 31.1 Å². The summed E-state index contributed by atoms with van der Waals surface area (Å²) in [5.74, 6) is -1.25. The van der Waals surface area contributed by atoms with Crippen LogP contribution in [-0.2, 0) is 14.3 Å². The summed E-state index contributed by atoms with van der Waals surface area (Å²) in [7, 11) is 0. The number of benzene rings is 1. The van der Waals surface area contributed by atoms with E-state index in [9.17, 15) is 9.59 Å². The molecule has 0 aliphatic rings. The first-order valence-corrected chi connectivity index (χ1v) is 6.43. The van der Waals surface area contributed by atoms with E-state index in [1.54, 1.807) is 13.8 Å². The van der Waals surface area contributed by atoms with Crippen LogP contribution in [0.4, 0.5) is 0 Å². The van der Waals surface area contributed by atoms with Crippen molar-refractivity contribution in [2.45, 2.75) is 33.0 Å². The Balaban J connectivity index is 2.68. The Morgan fingerprint density at radius 3 is 2.21 bits per heavy atom. The van der Waals surface area contributed by atoms with E-state index < -0.39 is 18.0 Å². The maximum atomic E-state index is 11.8. The Labute approximate surface area is 121 Å². The molecule has 19 heavy (non-hydrogen) atoms. The Hall–Kier alpha value is -1.26. The summed E-state index contributed by atoms with van der Waals surface area (Å²) in [5, 5.41) is 0.582. The lowest BCUT2D eigenvalue weighted by molar-refractivity contribution is -0.156. The molecule has 4 nitrogen and oxygen atoms in total. The lowest BCUT2D eigenvalue weighted by atomic mass is 10.2. The highest BCUT2D eigenvalue weighted by molar-refractivity contribution is 6.42. The SMILES string of the molecule is CC(C)OC(=O)C(C)OC(=O)c1ccc(Cl)c(Cl)c1. The zero-order valence-corrected chi connectivity index (χ0v) is 12.3. The van der Waals surface area contributed by atoms with Crippen LogP contribution in [0.15, 0.2) is 18.2 Å². The van der Waals surface area contributed by atoms with Gasteiger partial charge < -0.3 is 9.47 Å². The molecule has 1 unspecified atom stereocenters. The number of esters is 2. The second kappa shape index (κ2) is 6.78. The van der Waals surface area contributed by atoms with Gasteiger partial charge in [0.25, 0.3) is 0 Å². The molecular formula is C13H14Cl2O4. The van der Waals surface area contributed by atoms with Crippen molar-refractivity contribution >= 4 is 35.1 Å². The molecule has 6 heteroatoms. The van der Waals surface area contributed by atoms with Gasteiger partial charge in [0.2, 0.25) is 0 Å². The molecule has 0 bridgehead atoms. The van der Waals surface area contributed by atoms with Gasteiger partial charge in [0.1, 0.15) is 0 Å². The minimum atomic E-state index is -0.982. The van der Waals surface area contributed by atoms with Gasteiger partial charge in [-0.05, 0) is 39.0 Å². The molecule has 0 radical (unpaired) electrons. The van der Waals surface area contributed by atoms with Crippen LogP contribution >= 0.6 is 23.2 Å². The van der Waals surface area contributed by atoms with Gasteiger partial charge in [0.15, 0.2) is 6.10 Å². The van der Waals surface area contributed by atoms with Crippen molar-refractivity contribution in [3.63, 3.8) is 0 Å². The molecule has 0 fully saturated rings. The van der Waals surface area contributed by atoms with Crippen LogP contribution in [0.5, 0.6) is 0 Å². The third-order valence-electron chi connectivity index (χ3n) is 2.12. The Kier molecular flexibility index (Phi) is 5.63. The quantitative estimate of drug-likeness (QED) is 0.799. The Bertz CT molecular complexity index is 486. The highest BCUT2D eigenvalue weighted by atomic mass is 35.5. The predicted molar refractivity (Wildman–Crippen MR) is 72.6 cm³/mol. The highest BCUT2D eigenvalue weighted by Crippen LogP contribution is 2.23. The van der Waals surface area contributed by atoms with Crippen LogP contribution in [0, 0.1) is 0 Å². The zero-order valence-electron chi connectivity index (χ0n) is 10.8. The van der Waals surface area contributed by atoms with E-state index in [1.807, 2.05) is 0 Å². The molecule has 104 valence electrons. The van der Waals surface area contributed by atoms with E-state index in [0.717, 1.165) is 0 Å². The average molecular weight is 305 g/mol. The molecule has 0 amide bonds. The van der Waals surface area contributed by atoms with Gasteiger partial charge in [-0.25, -0.2) is 9.59 Å². The van der Waals surface area contributed by atoms with Gasteiger partial charge in [0, 0.05) is 0 Å². The summed E-state index contributed by atoms with van der Waals surface area (Å²) >= 11 is 11.5. The Morgan fingerprint density at radius 1 is 1.05 bits per heavy atom. The van der Waals surface area contributed by atoms with E-state index in [0.29, 0.717) is 5.02 Å². The fraction of sp³-hybridized carbons (Fsp3) is 0.385. The van der Waals surface area contributed by atoms with E-state index in [2.05, 4.69) is 0 Å². The molecule has 1 rings (SSSR count). The fourth-order valence-corrected chi connectivity index (χ4v) is 1.53.